The molecule has 2 fully saturated rings. The topological polar surface area (TPSA) is 61.4 Å². The second-order valence-corrected chi connectivity index (χ2v) is 5.29. The average molecular weight is 253 g/mol. The maximum absolute atomic E-state index is 11.9. The number of nitrogens with one attached hydrogen (secondary N) is 2. The Hall–Kier alpha value is -1.10. The van der Waals surface area contributed by atoms with Crippen molar-refractivity contribution in [3.05, 3.63) is 0 Å². The van der Waals surface area contributed by atoms with Gasteiger partial charge in [0.15, 0.2) is 0 Å². The number of nitrogens with zero attached hydrogens (tertiary/aromatic N) is 1. The first kappa shape index (κ1) is 13.3. The molecule has 0 aromatic heterocycles. The smallest absolute Gasteiger partial charge is 0.225 e. The van der Waals surface area contributed by atoms with Crippen LogP contribution in [0, 0.1) is 5.92 Å². The van der Waals surface area contributed by atoms with Gasteiger partial charge in [-0.25, -0.2) is 0 Å². The number of hydrogen-bond acceptors (Lipinski definition) is 3. The van der Waals surface area contributed by atoms with Crippen molar-refractivity contribution >= 4 is 11.8 Å². The molecule has 1 saturated carbocycles. The fourth-order valence-electron chi connectivity index (χ4n) is 2.37. The first-order valence-corrected chi connectivity index (χ1v) is 6.93. The van der Waals surface area contributed by atoms with Gasteiger partial charge in [-0.15, -0.1) is 0 Å². The molecule has 0 radical (unpaired) electrons. The van der Waals surface area contributed by atoms with E-state index in [1.807, 2.05) is 11.9 Å². The summed E-state index contributed by atoms with van der Waals surface area (Å²) in [6.45, 7) is 2.31. The number of piperidine rings is 1. The maximum Gasteiger partial charge on any atom is 0.225 e. The van der Waals surface area contributed by atoms with E-state index in [0.717, 1.165) is 38.8 Å². The number of rotatable bonds is 5. The van der Waals surface area contributed by atoms with Crippen molar-refractivity contribution in [2.45, 2.75) is 38.1 Å². The van der Waals surface area contributed by atoms with Gasteiger partial charge in [0.25, 0.3) is 0 Å². The molecule has 18 heavy (non-hydrogen) atoms. The van der Waals surface area contributed by atoms with Crippen LogP contribution in [-0.2, 0) is 9.59 Å². The second-order valence-electron chi connectivity index (χ2n) is 5.29. The normalized spacial score (nSPS) is 20.8. The zero-order chi connectivity index (χ0) is 13.0. The molecule has 0 aromatic rings. The van der Waals surface area contributed by atoms with Crippen molar-refractivity contribution in [3.8, 4) is 0 Å². The minimum Gasteiger partial charge on any atom is -0.353 e. The van der Waals surface area contributed by atoms with Gasteiger partial charge in [0, 0.05) is 38.0 Å². The van der Waals surface area contributed by atoms with Crippen LogP contribution in [0.1, 0.15) is 32.1 Å². The highest BCUT2D eigenvalue weighted by Crippen LogP contribution is 2.31. The Bertz CT molecular complexity index is 307. The molecule has 0 atom stereocenters. The predicted octanol–water partition coefficient (Wildman–Crippen LogP) is 0.113. The second kappa shape index (κ2) is 6.18. The van der Waals surface area contributed by atoms with Gasteiger partial charge in [0.1, 0.15) is 0 Å². The first-order valence-electron chi connectivity index (χ1n) is 6.93. The van der Waals surface area contributed by atoms with Crippen molar-refractivity contribution in [2.75, 3.05) is 26.7 Å². The molecule has 0 spiro atoms. The highest BCUT2D eigenvalue weighted by Gasteiger charge is 2.34. The van der Waals surface area contributed by atoms with E-state index in [-0.39, 0.29) is 11.9 Å². The van der Waals surface area contributed by atoms with Crippen LogP contribution >= 0.6 is 0 Å². The summed E-state index contributed by atoms with van der Waals surface area (Å²) in [6.07, 6.45) is 4.45. The van der Waals surface area contributed by atoms with Gasteiger partial charge in [-0.1, -0.05) is 0 Å². The lowest BCUT2D eigenvalue weighted by Crippen LogP contribution is -2.47. The van der Waals surface area contributed by atoms with Gasteiger partial charge in [-0.05, 0) is 32.7 Å². The molecule has 0 bridgehead atoms. The van der Waals surface area contributed by atoms with Gasteiger partial charge in [-0.3, -0.25) is 9.59 Å². The molecule has 1 saturated heterocycles. The lowest BCUT2D eigenvalue weighted by molar-refractivity contribution is -0.133. The van der Waals surface area contributed by atoms with Crippen LogP contribution in [0.2, 0.25) is 0 Å². The minimum atomic E-state index is 0.108. The summed E-state index contributed by atoms with van der Waals surface area (Å²) in [4.78, 5) is 25.4. The Balaban J connectivity index is 1.66. The third kappa shape index (κ3) is 3.70. The minimum absolute atomic E-state index is 0.108. The Morgan fingerprint density at radius 3 is 2.39 bits per heavy atom. The number of amides is 2. The first-order chi connectivity index (χ1) is 8.70. The van der Waals surface area contributed by atoms with Crippen molar-refractivity contribution in [2.24, 2.45) is 5.92 Å². The molecular formula is C13H23N3O2. The monoisotopic (exact) mass is 253 g/mol. The zero-order valence-corrected chi connectivity index (χ0v) is 11.1. The van der Waals surface area contributed by atoms with Crippen LogP contribution in [0.5, 0.6) is 0 Å². The number of hydrogen-bond donors (Lipinski definition) is 2. The Labute approximate surface area is 108 Å². The van der Waals surface area contributed by atoms with Gasteiger partial charge < -0.3 is 15.5 Å². The van der Waals surface area contributed by atoms with E-state index in [1.54, 1.807) is 0 Å². The molecule has 0 aromatic carbocycles. The van der Waals surface area contributed by atoms with E-state index < -0.39 is 0 Å². The van der Waals surface area contributed by atoms with Crippen molar-refractivity contribution in [1.82, 2.24) is 15.5 Å². The van der Waals surface area contributed by atoms with Crippen LogP contribution in [0.3, 0.4) is 0 Å². The van der Waals surface area contributed by atoms with Gasteiger partial charge in [0.05, 0.1) is 0 Å². The molecule has 2 amide bonds. The molecule has 5 heteroatoms. The summed E-state index contributed by atoms with van der Waals surface area (Å²) in [6, 6.07) is 0.248. The summed E-state index contributed by atoms with van der Waals surface area (Å²) < 4.78 is 0. The molecule has 2 rings (SSSR count). The van der Waals surface area contributed by atoms with Crippen molar-refractivity contribution in [3.63, 3.8) is 0 Å². The van der Waals surface area contributed by atoms with Crippen molar-refractivity contribution < 1.29 is 9.59 Å². The van der Waals surface area contributed by atoms with Crippen LogP contribution in [0.15, 0.2) is 0 Å². The summed E-state index contributed by atoms with van der Waals surface area (Å²) in [7, 11) is 1.84. The van der Waals surface area contributed by atoms with Gasteiger partial charge in [0.2, 0.25) is 11.8 Å². The highest BCUT2D eigenvalue weighted by molar-refractivity contribution is 5.81. The van der Waals surface area contributed by atoms with Gasteiger partial charge >= 0.3 is 0 Å². The quantitative estimate of drug-likeness (QED) is 0.731. The fraction of sp³-hybridized carbons (Fsp3) is 0.846. The van der Waals surface area contributed by atoms with E-state index in [4.69, 9.17) is 0 Å². The Morgan fingerprint density at radius 1 is 1.17 bits per heavy atom. The molecule has 5 nitrogen and oxygen atoms in total. The SMILES string of the molecule is CNCCC(=O)NC1CCN(C(=O)C2CC2)CC1. The fourth-order valence-corrected chi connectivity index (χ4v) is 2.37. The summed E-state index contributed by atoms with van der Waals surface area (Å²) >= 11 is 0. The predicted molar refractivity (Wildman–Crippen MR) is 69.0 cm³/mol. The average Bonchev–Trinajstić information content (AvgIpc) is 3.21. The van der Waals surface area contributed by atoms with Crippen LogP contribution in [-0.4, -0.2) is 49.4 Å². The molecule has 0 unspecified atom stereocenters. The summed E-state index contributed by atoms with van der Waals surface area (Å²) in [5.41, 5.74) is 0. The van der Waals surface area contributed by atoms with E-state index in [9.17, 15) is 9.59 Å². The number of carbonyl (C=O) groups is 2. The summed E-state index contributed by atoms with van der Waals surface area (Å²) in [5, 5.41) is 6.00. The lowest BCUT2D eigenvalue weighted by Gasteiger charge is -2.32. The Kier molecular flexibility index (Phi) is 4.58. The van der Waals surface area contributed by atoms with Gasteiger partial charge in [-0.2, -0.15) is 0 Å². The van der Waals surface area contributed by atoms with Crippen LogP contribution in [0.25, 0.3) is 0 Å². The third-order valence-corrected chi connectivity index (χ3v) is 3.70. The third-order valence-electron chi connectivity index (χ3n) is 3.70. The lowest BCUT2D eigenvalue weighted by atomic mass is 10.0. The van der Waals surface area contributed by atoms with Crippen LogP contribution < -0.4 is 10.6 Å². The molecule has 102 valence electrons. The van der Waals surface area contributed by atoms with Crippen molar-refractivity contribution in [1.29, 1.82) is 0 Å². The van der Waals surface area contributed by atoms with E-state index >= 15 is 0 Å². The number of likely N-dealkylation sites (tertiary alicyclic amines) is 1. The molecule has 1 aliphatic carbocycles. The number of carbonyl (C=O) groups excluding carboxylic acids is 2. The van der Waals surface area contributed by atoms with Crippen LogP contribution in [0.4, 0.5) is 0 Å². The Morgan fingerprint density at radius 2 is 1.83 bits per heavy atom. The van der Waals surface area contributed by atoms with E-state index in [0.29, 0.717) is 24.8 Å². The van der Waals surface area contributed by atoms with E-state index in [2.05, 4.69) is 10.6 Å². The molecule has 2 N–H and O–H groups in total. The maximum atomic E-state index is 11.9. The standard InChI is InChI=1S/C13H23N3O2/c1-14-7-4-12(17)15-11-5-8-16(9-6-11)13(18)10-2-3-10/h10-11,14H,2-9H2,1H3,(H,15,17). The molecule has 2 aliphatic rings. The largest absolute Gasteiger partial charge is 0.353 e. The zero-order valence-electron chi connectivity index (χ0n) is 11.1. The molecular weight excluding hydrogens is 230 g/mol. The molecule has 1 heterocycles. The highest BCUT2D eigenvalue weighted by atomic mass is 16.2. The summed E-state index contributed by atoms with van der Waals surface area (Å²) in [5.74, 6) is 0.748. The molecule has 1 aliphatic heterocycles. The van der Waals surface area contributed by atoms with E-state index in [1.165, 1.54) is 0 Å².